The molecular weight excluding hydrogens is 212 g/mol. The molecule has 1 aromatic carbocycles. The quantitative estimate of drug-likeness (QED) is 0.456. The van der Waals surface area contributed by atoms with Crippen LogP contribution in [0.1, 0.15) is 0 Å². The number of aromatic nitrogens is 2. The van der Waals surface area contributed by atoms with Crippen molar-refractivity contribution in [1.82, 2.24) is 9.55 Å². The maximum atomic E-state index is 5.60. The van der Waals surface area contributed by atoms with Gasteiger partial charge in [-0.05, 0) is 12.1 Å². The van der Waals surface area contributed by atoms with Gasteiger partial charge in [0, 0.05) is 29.4 Å². The number of fused-ring (bicyclic) bond motifs is 5. The minimum absolute atomic E-state index is 0.946. The third-order valence-electron chi connectivity index (χ3n) is 3.38. The van der Waals surface area contributed by atoms with Crippen molar-refractivity contribution < 1.29 is 4.42 Å². The SMILES string of the molecule is Cn1c2cnccc2c2ccc3ccoc3c21. The topological polar surface area (TPSA) is 31.0 Å². The molecular formula is C14H10N2O. The van der Waals surface area contributed by atoms with Gasteiger partial charge in [-0.15, -0.1) is 0 Å². The first-order chi connectivity index (χ1) is 8.36. The fraction of sp³-hybridized carbons (Fsp3) is 0.0714. The Labute approximate surface area is 97.3 Å². The number of hydrogen-bond donors (Lipinski definition) is 0. The van der Waals surface area contributed by atoms with E-state index in [1.807, 2.05) is 31.6 Å². The van der Waals surface area contributed by atoms with Gasteiger partial charge < -0.3 is 8.98 Å². The highest BCUT2D eigenvalue weighted by Gasteiger charge is 2.12. The molecule has 3 nitrogen and oxygen atoms in total. The van der Waals surface area contributed by atoms with Crippen molar-refractivity contribution in [1.29, 1.82) is 0 Å². The van der Waals surface area contributed by atoms with Gasteiger partial charge >= 0.3 is 0 Å². The first-order valence-electron chi connectivity index (χ1n) is 5.54. The Morgan fingerprint density at radius 1 is 1.12 bits per heavy atom. The Kier molecular flexibility index (Phi) is 1.50. The predicted octanol–water partition coefficient (Wildman–Crippen LogP) is 3.47. The summed E-state index contributed by atoms with van der Waals surface area (Å²) >= 11 is 0. The molecule has 0 aliphatic heterocycles. The standard InChI is InChI=1S/C14H10N2O/c1-16-12-8-15-6-4-10(12)11-3-2-9-5-7-17-14(9)13(11)16/h2-8H,1H3. The van der Waals surface area contributed by atoms with Gasteiger partial charge in [0.1, 0.15) is 0 Å². The molecule has 0 N–H and O–H groups in total. The lowest BCUT2D eigenvalue weighted by Crippen LogP contribution is -1.87. The lowest BCUT2D eigenvalue weighted by molar-refractivity contribution is 0.617. The van der Waals surface area contributed by atoms with E-state index >= 15 is 0 Å². The summed E-state index contributed by atoms with van der Waals surface area (Å²) < 4.78 is 7.74. The zero-order valence-corrected chi connectivity index (χ0v) is 9.34. The van der Waals surface area contributed by atoms with E-state index < -0.39 is 0 Å². The van der Waals surface area contributed by atoms with Crippen LogP contribution >= 0.6 is 0 Å². The minimum Gasteiger partial charge on any atom is -0.462 e. The number of benzene rings is 1. The van der Waals surface area contributed by atoms with E-state index in [-0.39, 0.29) is 0 Å². The number of rotatable bonds is 0. The molecule has 82 valence electrons. The van der Waals surface area contributed by atoms with Crippen LogP contribution in [-0.2, 0) is 7.05 Å². The molecule has 3 aromatic heterocycles. The molecule has 0 atom stereocenters. The average molecular weight is 222 g/mol. The van der Waals surface area contributed by atoms with Gasteiger partial charge in [0.25, 0.3) is 0 Å². The van der Waals surface area contributed by atoms with Gasteiger partial charge in [-0.2, -0.15) is 0 Å². The molecule has 0 aliphatic rings. The summed E-state index contributed by atoms with van der Waals surface area (Å²) in [5.74, 6) is 0. The van der Waals surface area contributed by atoms with E-state index in [0.717, 1.165) is 22.0 Å². The molecule has 3 heterocycles. The van der Waals surface area contributed by atoms with Crippen LogP contribution in [0, 0.1) is 0 Å². The van der Waals surface area contributed by atoms with Crippen molar-refractivity contribution in [3.63, 3.8) is 0 Å². The summed E-state index contributed by atoms with van der Waals surface area (Å²) in [6, 6.07) is 8.29. The van der Waals surface area contributed by atoms with Crippen LogP contribution in [0.15, 0.2) is 47.3 Å². The molecule has 0 bridgehead atoms. The van der Waals surface area contributed by atoms with E-state index in [4.69, 9.17) is 4.42 Å². The van der Waals surface area contributed by atoms with Gasteiger partial charge in [0.05, 0.1) is 23.5 Å². The molecule has 0 unspecified atom stereocenters. The molecule has 0 fully saturated rings. The maximum Gasteiger partial charge on any atom is 0.158 e. The second-order valence-corrected chi connectivity index (χ2v) is 4.25. The molecule has 0 radical (unpaired) electrons. The normalized spacial score (nSPS) is 11.8. The second kappa shape index (κ2) is 2.88. The van der Waals surface area contributed by atoms with Crippen molar-refractivity contribution in [2.45, 2.75) is 0 Å². The third-order valence-corrected chi connectivity index (χ3v) is 3.38. The number of aryl methyl sites for hydroxylation is 1. The Morgan fingerprint density at radius 3 is 3.00 bits per heavy atom. The third kappa shape index (κ3) is 0.984. The fourth-order valence-electron chi connectivity index (χ4n) is 2.57. The van der Waals surface area contributed by atoms with Crippen molar-refractivity contribution in [2.75, 3.05) is 0 Å². The predicted molar refractivity (Wildman–Crippen MR) is 68.0 cm³/mol. The fourth-order valence-corrected chi connectivity index (χ4v) is 2.57. The average Bonchev–Trinajstić information content (AvgIpc) is 2.93. The molecule has 17 heavy (non-hydrogen) atoms. The van der Waals surface area contributed by atoms with Crippen LogP contribution in [0.2, 0.25) is 0 Å². The van der Waals surface area contributed by atoms with Gasteiger partial charge in [-0.25, -0.2) is 0 Å². The van der Waals surface area contributed by atoms with Crippen LogP contribution in [0.25, 0.3) is 32.8 Å². The summed E-state index contributed by atoms with van der Waals surface area (Å²) in [5.41, 5.74) is 3.21. The lowest BCUT2D eigenvalue weighted by Gasteiger charge is -1.97. The molecule has 4 rings (SSSR count). The maximum absolute atomic E-state index is 5.60. The highest BCUT2D eigenvalue weighted by Crippen LogP contribution is 2.33. The molecule has 0 amide bonds. The summed E-state index contributed by atoms with van der Waals surface area (Å²) in [6.07, 6.45) is 5.46. The Morgan fingerprint density at radius 2 is 2.06 bits per heavy atom. The number of furan rings is 1. The van der Waals surface area contributed by atoms with E-state index in [9.17, 15) is 0 Å². The highest BCUT2D eigenvalue weighted by atomic mass is 16.3. The van der Waals surface area contributed by atoms with Gasteiger partial charge in [-0.1, -0.05) is 12.1 Å². The molecule has 0 saturated carbocycles. The Balaban J connectivity index is 2.43. The van der Waals surface area contributed by atoms with Crippen molar-refractivity contribution in [2.24, 2.45) is 7.05 Å². The van der Waals surface area contributed by atoms with E-state index in [0.29, 0.717) is 0 Å². The Hall–Kier alpha value is -2.29. The monoisotopic (exact) mass is 222 g/mol. The minimum atomic E-state index is 0.946. The van der Waals surface area contributed by atoms with E-state index in [2.05, 4.69) is 21.7 Å². The summed E-state index contributed by atoms with van der Waals surface area (Å²) in [4.78, 5) is 4.19. The van der Waals surface area contributed by atoms with Crippen LogP contribution < -0.4 is 0 Å². The Bertz CT molecular complexity index is 854. The summed E-state index contributed by atoms with van der Waals surface area (Å²) in [7, 11) is 2.05. The molecule has 4 aromatic rings. The van der Waals surface area contributed by atoms with Crippen LogP contribution in [0.5, 0.6) is 0 Å². The van der Waals surface area contributed by atoms with Gasteiger partial charge in [-0.3, -0.25) is 4.98 Å². The highest BCUT2D eigenvalue weighted by molar-refractivity contribution is 6.15. The zero-order valence-electron chi connectivity index (χ0n) is 9.34. The van der Waals surface area contributed by atoms with Crippen molar-refractivity contribution >= 4 is 32.8 Å². The molecule has 0 aliphatic carbocycles. The second-order valence-electron chi connectivity index (χ2n) is 4.25. The van der Waals surface area contributed by atoms with E-state index in [1.165, 1.54) is 10.8 Å². The number of nitrogens with zero attached hydrogens (tertiary/aromatic N) is 2. The zero-order chi connectivity index (χ0) is 11.4. The van der Waals surface area contributed by atoms with Crippen molar-refractivity contribution in [3.8, 4) is 0 Å². The largest absolute Gasteiger partial charge is 0.462 e. The van der Waals surface area contributed by atoms with Crippen LogP contribution in [0.4, 0.5) is 0 Å². The summed E-state index contributed by atoms with van der Waals surface area (Å²) in [5, 5.41) is 3.57. The van der Waals surface area contributed by atoms with E-state index in [1.54, 1.807) is 6.26 Å². The first-order valence-corrected chi connectivity index (χ1v) is 5.54. The molecule has 0 spiro atoms. The molecule has 0 saturated heterocycles. The number of hydrogen-bond acceptors (Lipinski definition) is 2. The smallest absolute Gasteiger partial charge is 0.158 e. The van der Waals surface area contributed by atoms with Gasteiger partial charge in [0.15, 0.2) is 5.58 Å². The number of pyridine rings is 1. The summed E-state index contributed by atoms with van der Waals surface area (Å²) in [6.45, 7) is 0. The van der Waals surface area contributed by atoms with Gasteiger partial charge in [0.2, 0.25) is 0 Å². The lowest BCUT2D eigenvalue weighted by atomic mass is 10.1. The van der Waals surface area contributed by atoms with Crippen LogP contribution in [0.3, 0.4) is 0 Å². The first kappa shape index (κ1) is 8.82. The van der Waals surface area contributed by atoms with Crippen molar-refractivity contribution in [3.05, 3.63) is 42.9 Å². The molecule has 3 heteroatoms. The van der Waals surface area contributed by atoms with Crippen LogP contribution in [-0.4, -0.2) is 9.55 Å².